The Morgan fingerprint density at radius 2 is 1.77 bits per heavy atom. The maximum atomic E-state index is 12.0. The van der Waals surface area contributed by atoms with Gasteiger partial charge in [-0.05, 0) is 35.4 Å². The first kappa shape index (κ1) is 14.1. The number of rotatable bonds is 4. The standard InChI is InChI=1S/C16H17N3O3/c17-12-3-1-11(5-13(12)18)8-19-16(20)7-10-2-4-14-15(6-10)22-9-21-14/h1-6H,7-9,17-18H2,(H,19,20). The molecule has 22 heavy (non-hydrogen) atoms. The molecular weight excluding hydrogens is 282 g/mol. The number of nitrogens with one attached hydrogen (secondary N) is 1. The minimum absolute atomic E-state index is 0.0748. The molecule has 1 heterocycles. The quantitative estimate of drug-likeness (QED) is 0.742. The molecule has 0 radical (unpaired) electrons. The van der Waals surface area contributed by atoms with E-state index in [2.05, 4.69) is 5.32 Å². The highest BCUT2D eigenvalue weighted by molar-refractivity contribution is 5.79. The van der Waals surface area contributed by atoms with Crippen molar-refractivity contribution in [2.24, 2.45) is 0 Å². The lowest BCUT2D eigenvalue weighted by Crippen LogP contribution is -2.24. The number of carbonyl (C=O) groups is 1. The molecule has 2 aromatic rings. The van der Waals surface area contributed by atoms with Gasteiger partial charge in [0.2, 0.25) is 12.7 Å². The summed E-state index contributed by atoms with van der Waals surface area (Å²) >= 11 is 0. The van der Waals surface area contributed by atoms with Crippen molar-refractivity contribution in [3.63, 3.8) is 0 Å². The molecule has 1 aliphatic rings. The van der Waals surface area contributed by atoms with Gasteiger partial charge in [-0.3, -0.25) is 4.79 Å². The van der Waals surface area contributed by atoms with Gasteiger partial charge in [0, 0.05) is 6.54 Å². The van der Waals surface area contributed by atoms with Crippen molar-refractivity contribution >= 4 is 17.3 Å². The zero-order valence-electron chi connectivity index (χ0n) is 12.0. The molecule has 0 atom stereocenters. The molecule has 0 unspecified atom stereocenters. The summed E-state index contributed by atoms with van der Waals surface area (Å²) in [5, 5.41) is 2.85. The normalized spacial score (nSPS) is 12.2. The first-order valence-electron chi connectivity index (χ1n) is 6.91. The number of hydrogen-bond acceptors (Lipinski definition) is 5. The number of hydrogen-bond donors (Lipinski definition) is 3. The molecule has 2 aromatic carbocycles. The van der Waals surface area contributed by atoms with Crippen molar-refractivity contribution in [3.05, 3.63) is 47.5 Å². The van der Waals surface area contributed by atoms with E-state index >= 15 is 0 Å². The predicted octanol–water partition coefficient (Wildman–Crippen LogP) is 1.44. The summed E-state index contributed by atoms with van der Waals surface area (Å²) in [5.41, 5.74) is 14.2. The average Bonchev–Trinajstić information content (AvgIpc) is 2.96. The van der Waals surface area contributed by atoms with Gasteiger partial charge in [-0.25, -0.2) is 0 Å². The van der Waals surface area contributed by atoms with E-state index in [9.17, 15) is 4.79 Å². The Morgan fingerprint density at radius 1 is 1.00 bits per heavy atom. The monoisotopic (exact) mass is 299 g/mol. The van der Waals surface area contributed by atoms with Gasteiger partial charge in [-0.1, -0.05) is 12.1 Å². The first-order chi connectivity index (χ1) is 10.6. The van der Waals surface area contributed by atoms with Gasteiger partial charge in [0.1, 0.15) is 0 Å². The van der Waals surface area contributed by atoms with E-state index in [4.69, 9.17) is 20.9 Å². The van der Waals surface area contributed by atoms with Crippen LogP contribution in [0.4, 0.5) is 11.4 Å². The fourth-order valence-electron chi connectivity index (χ4n) is 2.23. The number of ether oxygens (including phenoxy) is 2. The summed E-state index contributed by atoms with van der Waals surface area (Å²) in [4.78, 5) is 12.0. The first-order valence-corrected chi connectivity index (χ1v) is 6.91. The van der Waals surface area contributed by atoms with Crippen molar-refractivity contribution in [3.8, 4) is 11.5 Å². The van der Waals surface area contributed by atoms with E-state index in [1.807, 2.05) is 24.3 Å². The molecule has 3 rings (SSSR count). The molecule has 114 valence electrons. The number of benzene rings is 2. The number of nitrogen functional groups attached to an aromatic ring is 2. The van der Waals surface area contributed by atoms with Crippen LogP contribution in [0.25, 0.3) is 0 Å². The van der Waals surface area contributed by atoms with E-state index in [0.29, 0.717) is 29.4 Å². The van der Waals surface area contributed by atoms with Crippen LogP contribution in [0, 0.1) is 0 Å². The Kier molecular flexibility index (Phi) is 3.74. The van der Waals surface area contributed by atoms with Gasteiger partial charge < -0.3 is 26.3 Å². The highest BCUT2D eigenvalue weighted by Crippen LogP contribution is 2.32. The summed E-state index contributed by atoms with van der Waals surface area (Å²) in [7, 11) is 0. The number of fused-ring (bicyclic) bond motifs is 1. The third-order valence-corrected chi connectivity index (χ3v) is 3.44. The molecule has 0 aliphatic carbocycles. The molecule has 0 saturated carbocycles. The van der Waals surface area contributed by atoms with Gasteiger partial charge in [-0.2, -0.15) is 0 Å². The van der Waals surface area contributed by atoms with Gasteiger partial charge in [0.05, 0.1) is 17.8 Å². The molecule has 6 heteroatoms. The van der Waals surface area contributed by atoms with Crippen molar-refractivity contribution < 1.29 is 14.3 Å². The van der Waals surface area contributed by atoms with Gasteiger partial charge in [0.25, 0.3) is 0 Å². The lowest BCUT2D eigenvalue weighted by molar-refractivity contribution is -0.120. The number of amides is 1. The lowest BCUT2D eigenvalue weighted by atomic mass is 10.1. The molecule has 0 saturated heterocycles. The topological polar surface area (TPSA) is 99.6 Å². The predicted molar refractivity (Wildman–Crippen MR) is 83.4 cm³/mol. The Balaban J connectivity index is 1.57. The largest absolute Gasteiger partial charge is 0.454 e. The molecule has 0 bridgehead atoms. The van der Waals surface area contributed by atoms with Crippen LogP contribution >= 0.6 is 0 Å². The smallest absolute Gasteiger partial charge is 0.231 e. The van der Waals surface area contributed by atoms with Crippen molar-refractivity contribution in [1.29, 1.82) is 0 Å². The third kappa shape index (κ3) is 3.06. The van der Waals surface area contributed by atoms with Gasteiger partial charge >= 0.3 is 0 Å². The molecule has 6 nitrogen and oxygen atoms in total. The SMILES string of the molecule is Nc1ccc(CNC(=O)Cc2ccc3c(c2)OCO3)cc1N. The maximum absolute atomic E-state index is 12.0. The molecule has 5 N–H and O–H groups in total. The van der Waals surface area contributed by atoms with Gasteiger partial charge in [-0.15, -0.1) is 0 Å². The van der Waals surface area contributed by atoms with Gasteiger partial charge in [0.15, 0.2) is 11.5 Å². The van der Waals surface area contributed by atoms with Crippen LogP contribution in [0.2, 0.25) is 0 Å². The molecule has 0 spiro atoms. The number of anilines is 2. The maximum Gasteiger partial charge on any atom is 0.231 e. The summed E-state index contributed by atoms with van der Waals surface area (Å²) in [6, 6.07) is 10.8. The van der Waals surface area contributed by atoms with Crippen molar-refractivity contribution in [2.45, 2.75) is 13.0 Å². The van der Waals surface area contributed by atoms with Crippen LogP contribution in [0.15, 0.2) is 36.4 Å². The zero-order valence-corrected chi connectivity index (χ0v) is 12.0. The van der Waals surface area contributed by atoms with Crippen LogP contribution in [-0.2, 0) is 17.8 Å². The minimum atomic E-state index is -0.0748. The fourth-order valence-corrected chi connectivity index (χ4v) is 2.23. The Hall–Kier alpha value is -2.89. The Labute approximate surface area is 128 Å². The number of nitrogens with two attached hydrogens (primary N) is 2. The Bertz CT molecular complexity index is 716. The van der Waals surface area contributed by atoms with E-state index < -0.39 is 0 Å². The summed E-state index contributed by atoms with van der Waals surface area (Å²) in [6.07, 6.45) is 0.279. The van der Waals surface area contributed by atoms with Crippen LogP contribution in [-0.4, -0.2) is 12.7 Å². The van der Waals surface area contributed by atoms with Crippen LogP contribution < -0.4 is 26.3 Å². The molecular formula is C16H17N3O3. The third-order valence-electron chi connectivity index (χ3n) is 3.44. The average molecular weight is 299 g/mol. The van der Waals surface area contributed by atoms with Crippen LogP contribution in [0.3, 0.4) is 0 Å². The zero-order chi connectivity index (χ0) is 15.5. The molecule has 1 aliphatic heterocycles. The highest BCUT2D eigenvalue weighted by atomic mass is 16.7. The summed E-state index contributed by atoms with van der Waals surface area (Å²) in [5.74, 6) is 1.31. The van der Waals surface area contributed by atoms with Crippen LogP contribution in [0.1, 0.15) is 11.1 Å². The Morgan fingerprint density at radius 3 is 2.59 bits per heavy atom. The summed E-state index contributed by atoms with van der Waals surface area (Å²) in [6.45, 7) is 0.636. The second-order valence-electron chi connectivity index (χ2n) is 5.10. The van der Waals surface area contributed by atoms with Crippen molar-refractivity contribution in [1.82, 2.24) is 5.32 Å². The lowest BCUT2D eigenvalue weighted by Gasteiger charge is -2.08. The second kappa shape index (κ2) is 5.85. The van der Waals surface area contributed by atoms with E-state index in [1.54, 1.807) is 12.1 Å². The number of carbonyl (C=O) groups excluding carboxylic acids is 1. The molecule has 0 aromatic heterocycles. The van der Waals surface area contributed by atoms with E-state index in [0.717, 1.165) is 11.1 Å². The molecule has 0 fully saturated rings. The molecule has 1 amide bonds. The van der Waals surface area contributed by atoms with Crippen molar-refractivity contribution in [2.75, 3.05) is 18.3 Å². The van der Waals surface area contributed by atoms with Crippen LogP contribution in [0.5, 0.6) is 11.5 Å². The summed E-state index contributed by atoms with van der Waals surface area (Å²) < 4.78 is 10.5. The van der Waals surface area contributed by atoms with E-state index in [-0.39, 0.29) is 19.1 Å². The van der Waals surface area contributed by atoms with E-state index in [1.165, 1.54) is 0 Å². The highest BCUT2D eigenvalue weighted by Gasteiger charge is 2.14. The minimum Gasteiger partial charge on any atom is -0.454 e. The fraction of sp³-hybridized carbons (Fsp3) is 0.188. The second-order valence-corrected chi connectivity index (χ2v) is 5.10.